The lowest BCUT2D eigenvalue weighted by Gasteiger charge is -2.40. The molecule has 0 unspecified atom stereocenters. The number of rotatable bonds is 6. The third-order valence-electron chi connectivity index (χ3n) is 6.78. The number of esters is 1. The van der Waals surface area contributed by atoms with Gasteiger partial charge in [0.25, 0.3) is 5.69 Å². The molecule has 5 rings (SSSR count). The van der Waals surface area contributed by atoms with Crippen LogP contribution in [0.4, 0.5) is 11.4 Å². The molecule has 2 aliphatic heterocycles. The third kappa shape index (κ3) is 4.70. The first-order valence-electron chi connectivity index (χ1n) is 11.8. The summed E-state index contributed by atoms with van der Waals surface area (Å²) in [4.78, 5) is 28.6. The summed E-state index contributed by atoms with van der Waals surface area (Å²) in [5.74, 6) is 0.914. The van der Waals surface area contributed by atoms with E-state index in [1.165, 1.54) is 6.07 Å². The lowest BCUT2D eigenvalue weighted by atomic mass is 10.0. The molecule has 3 aromatic rings. The van der Waals surface area contributed by atoms with Gasteiger partial charge >= 0.3 is 5.97 Å². The zero-order valence-corrected chi connectivity index (χ0v) is 19.5. The number of para-hydroxylation sites is 1. The molecule has 8 nitrogen and oxygen atoms in total. The summed E-state index contributed by atoms with van der Waals surface area (Å²) in [5, 5.41) is 11.9. The second kappa shape index (κ2) is 9.76. The Hall–Kier alpha value is -3.91. The number of nitrogens with zero attached hydrogens (tertiary/aromatic N) is 3. The van der Waals surface area contributed by atoms with Crippen molar-refractivity contribution >= 4 is 17.3 Å². The van der Waals surface area contributed by atoms with Gasteiger partial charge in [-0.3, -0.25) is 15.0 Å². The Morgan fingerprint density at radius 2 is 1.69 bits per heavy atom. The Morgan fingerprint density at radius 1 is 0.971 bits per heavy atom. The Balaban J connectivity index is 1.40. The van der Waals surface area contributed by atoms with Crippen molar-refractivity contribution in [3.63, 3.8) is 0 Å². The molecule has 2 aliphatic rings. The van der Waals surface area contributed by atoms with Gasteiger partial charge in [-0.15, -0.1) is 0 Å². The van der Waals surface area contributed by atoms with Gasteiger partial charge in [0.15, 0.2) is 0 Å². The predicted octanol–water partition coefficient (Wildman–Crippen LogP) is 4.82. The predicted molar refractivity (Wildman–Crippen MR) is 132 cm³/mol. The molecule has 0 amide bonds. The maximum Gasteiger partial charge on any atom is 0.338 e. The van der Waals surface area contributed by atoms with E-state index in [0.29, 0.717) is 41.4 Å². The first-order chi connectivity index (χ1) is 17.0. The molecule has 8 heteroatoms. The molecule has 0 aromatic heterocycles. The summed E-state index contributed by atoms with van der Waals surface area (Å²) >= 11 is 0. The highest BCUT2D eigenvalue weighted by atomic mass is 16.6. The van der Waals surface area contributed by atoms with E-state index in [0.717, 1.165) is 19.5 Å². The largest absolute Gasteiger partial charge is 0.457 e. The maximum atomic E-state index is 12.7. The highest BCUT2D eigenvalue weighted by Crippen LogP contribution is 2.40. The van der Waals surface area contributed by atoms with Gasteiger partial charge < -0.3 is 14.4 Å². The second-order valence-electron chi connectivity index (χ2n) is 8.88. The van der Waals surface area contributed by atoms with E-state index in [9.17, 15) is 14.9 Å². The van der Waals surface area contributed by atoms with Crippen molar-refractivity contribution in [2.24, 2.45) is 0 Å². The van der Waals surface area contributed by atoms with Gasteiger partial charge in [-0.2, -0.15) is 0 Å². The normalized spacial score (nSPS) is 19.7. The third-order valence-corrected chi connectivity index (χ3v) is 6.78. The van der Waals surface area contributed by atoms with Crippen LogP contribution in [0, 0.1) is 17.0 Å². The smallest absolute Gasteiger partial charge is 0.338 e. The van der Waals surface area contributed by atoms with Crippen LogP contribution in [0.15, 0.2) is 72.8 Å². The van der Waals surface area contributed by atoms with Crippen molar-refractivity contribution in [2.75, 3.05) is 31.1 Å². The molecule has 2 atom stereocenters. The number of nitro benzene ring substituents is 1. The SMILES string of the molecule is Cc1c(Oc2ccccc2)ccc([N+](=O)[O-])c1N1CCN2CC[C@@H](OC(=O)c3ccccc3)[C@@H]2C1. The topological polar surface area (TPSA) is 85.2 Å². The molecule has 0 bridgehead atoms. The second-order valence-corrected chi connectivity index (χ2v) is 8.88. The summed E-state index contributed by atoms with van der Waals surface area (Å²) in [5.41, 5.74) is 1.85. The highest BCUT2D eigenvalue weighted by Gasteiger charge is 2.42. The van der Waals surface area contributed by atoms with E-state index in [4.69, 9.17) is 9.47 Å². The number of ether oxygens (including phenoxy) is 2. The minimum atomic E-state index is -0.345. The molecule has 2 fully saturated rings. The van der Waals surface area contributed by atoms with Crippen LogP contribution in [-0.2, 0) is 4.74 Å². The van der Waals surface area contributed by atoms with Crippen molar-refractivity contribution in [3.05, 3.63) is 94.0 Å². The van der Waals surface area contributed by atoms with E-state index in [-0.39, 0.29) is 28.7 Å². The number of anilines is 1. The fourth-order valence-corrected chi connectivity index (χ4v) is 5.02. The number of benzene rings is 3. The Morgan fingerprint density at radius 3 is 2.40 bits per heavy atom. The summed E-state index contributed by atoms with van der Waals surface area (Å²) < 4.78 is 12.0. The number of nitro groups is 1. The molecular weight excluding hydrogens is 446 g/mol. The summed E-state index contributed by atoms with van der Waals surface area (Å²) in [6.07, 6.45) is 0.476. The molecule has 0 N–H and O–H groups in total. The molecule has 180 valence electrons. The minimum Gasteiger partial charge on any atom is -0.457 e. The van der Waals surface area contributed by atoms with Crippen molar-refractivity contribution in [3.8, 4) is 11.5 Å². The van der Waals surface area contributed by atoms with E-state index < -0.39 is 0 Å². The molecule has 0 spiro atoms. The van der Waals surface area contributed by atoms with Crippen molar-refractivity contribution in [1.29, 1.82) is 0 Å². The van der Waals surface area contributed by atoms with Crippen LogP contribution in [0.3, 0.4) is 0 Å². The number of piperazine rings is 1. The zero-order valence-electron chi connectivity index (χ0n) is 19.5. The zero-order chi connectivity index (χ0) is 24.4. The van der Waals surface area contributed by atoms with Gasteiger partial charge in [0.05, 0.1) is 16.5 Å². The minimum absolute atomic E-state index is 0.0332. The average Bonchev–Trinajstić information content (AvgIpc) is 3.28. The Kier molecular flexibility index (Phi) is 6.37. The first-order valence-corrected chi connectivity index (χ1v) is 11.8. The quantitative estimate of drug-likeness (QED) is 0.288. The lowest BCUT2D eigenvalue weighted by Crippen LogP contribution is -2.54. The molecule has 0 saturated carbocycles. The van der Waals surface area contributed by atoms with Crippen molar-refractivity contribution < 1.29 is 19.2 Å². The average molecular weight is 474 g/mol. The van der Waals surface area contributed by atoms with E-state index in [1.807, 2.05) is 60.4 Å². The number of hydrogen-bond acceptors (Lipinski definition) is 7. The van der Waals surface area contributed by atoms with Crippen LogP contribution in [-0.4, -0.2) is 54.1 Å². The molecule has 35 heavy (non-hydrogen) atoms. The van der Waals surface area contributed by atoms with Crippen LogP contribution in [0.2, 0.25) is 0 Å². The van der Waals surface area contributed by atoms with E-state index >= 15 is 0 Å². The standard InChI is InChI=1S/C27H27N3O5/c1-19-24(34-21-10-6-3-7-11-21)13-12-22(30(32)33)26(19)29-17-16-28-15-14-25(23(28)18-29)35-27(31)20-8-4-2-5-9-20/h2-13,23,25H,14-18H2,1H3/t23-,25+/m0/s1. The summed E-state index contributed by atoms with van der Waals surface area (Å²) in [6.45, 7) is 4.61. The van der Waals surface area contributed by atoms with Crippen LogP contribution >= 0.6 is 0 Å². The number of hydrogen-bond donors (Lipinski definition) is 0. The van der Waals surface area contributed by atoms with Crippen molar-refractivity contribution in [2.45, 2.75) is 25.5 Å². The molecule has 2 heterocycles. The summed E-state index contributed by atoms with van der Waals surface area (Å²) in [6, 6.07) is 21.5. The van der Waals surface area contributed by atoms with Gasteiger partial charge in [-0.25, -0.2) is 4.79 Å². The Labute approximate surface area is 203 Å². The molecule has 2 saturated heterocycles. The van der Waals surface area contributed by atoms with Crippen molar-refractivity contribution in [1.82, 2.24) is 4.90 Å². The van der Waals surface area contributed by atoms with Gasteiger partial charge in [-0.05, 0) is 43.7 Å². The fraction of sp³-hybridized carbons (Fsp3) is 0.296. The number of fused-ring (bicyclic) bond motifs is 1. The fourth-order valence-electron chi connectivity index (χ4n) is 5.02. The molecule has 3 aromatic carbocycles. The number of carbonyl (C=O) groups excluding carboxylic acids is 1. The van der Waals surface area contributed by atoms with E-state index in [1.54, 1.807) is 18.2 Å². The maximum absolute atomic E-state index is 12.7. The van der Waals surface area contributed by atoms with Crippen LogP contribution < -0.4 is 9.64 Å². The van der Waals surface area contributed by atoms with Gasteiger partial charge in [0, 0.05) is 37.8 Å². The lowest BCUT2D eigenvalue weighted by molar-refractivity contribution is -0.384. The monoisotopic (exact) mass is 473 g/mol. The summed E-state index contributed by atoms with van der Waals surface area (Å²) in [7, 11) is 0. The van der Waals surface area contributed by atoms with E-state index in [2.05, 4.69) is 4.90 Å². The van der Waals surface area contributed by atoms with Crippen LogP contribution in [0.25, 0.3) is 0 Å². The number of carbonyl (C=O) groups is 1. The van der Waals surface area contributed by atoms with Gasteiger partial charge in [-0.1, -0.05) is 36.4 Å². The Bertz CT molecular complexity index is 1220. The first kappa shape index (κ1) is 22.9. The van der Waals surface area contributed by atoms with Gasteiger partial charge in [0.1, 0.15) is 23.3 Å². The molecule has 0 radical (unpaired) electrons. The molecule has 0 aliphatic carbocycles. The van der Waals surface area contributed by atoms with Crippen LogP contribution in [0.1, 0.15) is 22.3 Å². The molecular formula is C27H27N3O5. The van der Waals surface area contributed by atoms with Gasteiger partial charge in [0.2, 0.25) is 0 Å². The van der Waals surface area contributed by atoms with Crippen LogP contribution in [0.5, 0.6) is 11.5 Å². The highest BCUT2D eigenvalue weighted by molar-refractivity contribution is 5.89.